The van der Waals surface area contributed by atoms with Gasteiger partial charge in [0.05, 0.1) is 6.54 Å². The summed E-state index contributed by atoms with van der Waals surface area (Å²) in [5.74, 6) is 1.81. The van der Waals surface area contributed by atoms with Crippen LogP contribution in [0.4, 0.5) is 5.95 Å². The summed E-state index contributed by atoms with van der Waals surface area (Å²) in [6.45, 7) is 6.70. The van der Waals surface area contributed by atoms with Crippen molar-refractivity contribution in [1.82, 2.24) is 29.5 Å². The van der Waals surface area contributed by atoms with E-state index in [1.54, 1.807) is 12.4 Å². The molecule has 1 aliphatic heterocycles. The molecule has 0 unspecified atom stereocenters. The van der Waals surface area contributed by atoms with E-state index < -0.39 is 0 Å². The standard InChI is InChI=1S/C16H19N7/c1-13-3-4-14-19-20-15(23(14)11-13)12-21-7-9-22(10-8-21)16-17-5-2-6-18-16/h2-6,11H,7-10,12H2,1H3. The molecule has 1 aliphatic rings. The van der Waals surface area contributed by atoms with Crippen LogP contribution in [-0.2, 0) is 6.54 Å². The molecule has 0 N–H and O–H groups in total. The van der Waals surface area contributed by atoms with E-state index in [2.05, 4.69) is 53.6 Å². The Morgan fingerprint density at radius 1 is 1.00 bits per heavy atom. The van der Waals surface area contributed by atoms with E-state index in [0.717, 1.165) is 50.1 Å². The lowest BCUT2D eigenvalue weighted by atomic mass is 10.3. The zero-order valence-electron chi connectivity index (χ0n) is 13.1. The zero-order chi connectivity index (χ0) is 15.6. The molecule has 0 saturated carbocycles. The summed E-state index contributed by atoms with van der Waals surface area (Å²) in [6.07, 6.45) is 5.68. The third kappa shape index (κ3) is 2.87. The van der Waals surface area contributed by atoms with Crippen molar-refractivity contribution in [1.29, 1.82) is 0 Å². The first-order chi connectivity index (χ1) is 11.3. The van der Waals surface area contributed by atoms with Crippen molar-refractivity contribution < 1.29 is 0 Å². The molecule has 23 heavy (non-hydrogen) atoms. The second-order valence-corrected chi connectivity index (χ2v) is 5.86. The largest absolute Gasteiger partial charge is 0.338 e. The van der Waals surface area contributed by atoms with Gasteiger partial charge in [0.25, 0.3) is 0 Å². The number of piperazine rings is 1. The predicted molar refractivity (Wildman–Crippen MR) is 87.2 cm³/mol. The van der Waals surface area contributed by atoms with Crippen LogP contribution in [0.25, 0.3) is 5.65 Å². The highest BCUT2D eigenvalue weighted by atomic mass is 15.3. The molecule has 1 saturated heterocycles. The number of aromatic nitrogens is 5. The van der Waals surface area contributed by atoms with Crippen molar-refractivity contribution in [3.8, 4) is 0 Å². The van der Waals surface area contributed by atoms with E-state index in [-0.39, 0.29) is 0 Å². The second-order valence-electron chi connectivity index (χ2n) is 5.86. The van der Waals surface area contributed by atoms with Gasteiger partial charge in [-0.3, -0.25) is 9.30 Å². The van der Waals surface area contributed by atoms with Gasteiger partial charge in [0, 0.05) is 44.8 Å². The summed E-state index contributed by atoms with van der Waals surface area (Å²) in [5, 5.41) is 8.58. The van der Waals surface area contributed by atoms with E-state index >= 15 is 0 Å². The number of rotatable bonds is 3. The Balaban J connectivity index is 1.44. The maximum atomic E-state index is 4.34. The zero-order valence-corrected chi connectivity index (χ0v) is 13.1. The van der Waals surface area contributed by atoms with Gasteiger partial charge in [-0.25, -0.2) is 9.97 Å². The molecule has 4 rings (SSSR count). The summed E-state index contributed by atoms with van der Waals surface area (Å²) >= 11 is 0. The van der Waals surface area contributed by atoms with Crippen LogP contribution in [0.2, 0.25) is 0 Å². The summed E-state index contributed by atoms with van der Waals surface area (Å²) in [4.78, 5) is 13.3. The first-order valence-corrected chi connectivity index (χ1v) is 7.84. The van der Waals surface area contributed by atoms with Crippen molar-refractivity contribution in [2.45, 2.75) is 13.5 Å². The van der Waals surface area contributed by atoms with Gasteiger partial charge in [-0.15, -0.1) is 10.2 Å². The van der Waals surface area contributed by atoms with Crippen molar-refractivity contribution in [3.05, 3.63) is 48.2 Å². The lowest BCUT2D eigenvalue weighted by molar-refractivity contribution is 0.242. The molecular weight excluding hydrogens is 290 g/mol. The monoisotopic (exact) mass is 309 g/mol. The Morgan fingerprint density at radius 2 is 1.78 bits per heavy atom. The molecule has 0 atom stereocenters. The van der Waals surface area contributed by atoms with Gasteiger partial charge in [-0.1, -0.05) is 6.07 Å². The van der Waals surface area contributed by atoms with Crippen molar-refractivity contribution in [2.75, 3.05) is 31.1 Å². The van der Waals surface area contributed by atoms with Crippen LogP contribution in [0.15, 0.2) is 36.8 Å². The Bertz CT molecular complexity index is 791. The average molecular weight is 309 g/mol. The van der Waals surface area contributed by atoms with Crippen LogP contribution in [-0.4, -0.2) is 55.6 Å². The molecule has 0 amide bonds. The van der Waals surface area contributed by atoms with Gasteiger partial charge in [0.2, 0.25) is 5.95 Å². The molecule has 1 fully saturated rings. The molecule has 0 aliphatic carbocycles. The van der Waals surface area contributed by atoms with E-state index in [4.69, 9.17) is 0 Å². The maximum Gasteiger partial charge on any atom is 0.225 e. The SMILES string of the molecule is Cc1ccc2nnc(CN3CCN(c4ncccn4)CC3)n2c1. The number of fused-ring (bicyclic) bond motifs is 1. The highest BCUT2D eigenvalue weighted by molar-refractivity contribution is 5.39. The van der Waals surface area contributed by atoms with Crippen LogP contribution >= 0.6 is 0 Å². The number of nitrogens with zero attached hydrogens (tertiary/aromatic N) is 7. The van der Waals surface area contributed by atoms with Gasteiger partial charge in [0.1, 0.15) is 0 Å². The van der Waals surface area contributed by atoms with Gasteiger partial charge in [-0.2, -0.15) is 0 Å². The van der Waals surface area contributed by atoms with E-state index in [9.17, 15) is 0 Å². The lowest BCUT2D eigenvalue weighted by Gasteiger charge is -2.34. The molecular formula is C16H19N7. The Hall–Kier alpha value is -2.54. The average Bonchev–Trinajstić information content (AvgIpc) is 2.98. The lowest BCUT2D eigenvalue weighted by Crippen LogP contribution is -2.46. The van der Waals surface area contributed by atoms with Gasteiger partial charge >= 0.3 is 0 Å². The molecule has 118 valence electrons. The van der Waals surface area contributed by atoms with Crippen molar-refractivity contribution in [3.63, 3.8) is 0 Å². The summed E-state index contributed by atoms with van der Waals surface area (Å²) < 4.78 is 2.09. The Kier molecular flexibility index (Phi) is 3.63. The fourth-order valence-electron chi connectivity index (χ4n) is 2.91. The van der Waals surface area contributed by atoms with Crippen molar-refractivity contribution >= 4 is 11.6 Å². The minimum Gasteiger partial charge on any atom is -0.338 e. The molecule has 0 radical (unpaired) electrons. The minimum absolute atomic E-state index is 0.814. The third-order valence-corrected chi connectivity index (χ3v) is 4.19. The molecule has 0 aromatic carbocycles. The van der Waals surface area contributed by atoms with E-state index in [1.807, 2.05) is 12.1 Å². The Labute approximate surface area is 134 Å². The molecule has 4 heterocycles. The molecule has 0 spiro atoms. The smallest absolute Gasteiger partial charge is 0.225 e. The van der Waals surface area contributed by atoms with E-state index in [0.29, 0.717) is 0 Å². The first kappa shape index (κ1) is 14.1. The fraction of sp³-hybridized carbons (Fsp3) is 0.375. The van der Waals surface area contributed by atoms with Crippen molar-refractivity contribution in [2.24, 2.45) is 0 Å². The maximum absolute atomic E-state index is 4.34. The first-order valence-electron chi connectivity index (χ1n) is 7.84. The van der Waals surface area contributed by atoms with Gasteiger partial charge in [-0.05, 0) is 24.6 Å². The number of pyridine rings is 1. The minimum atomic E-state index is 0.814. The summed E-state index contributed by atoms with van der Waals surface area (Å²) in [7, 11) is 0. The summed E-state index contributed by atoms with van der Waals surface area (Å²) in [6, 6.07) is 5.92. The predicted octanol–water partition coefficient (Wildman–Crippen LogP) is 1.15. The molecule has 7 heteroatoms. The molecule has 7 nitrogen and oxygen atoms in total. The normalized spacial score (nSPS) is 16.1. The highest BCUT2D eigenvalue weighted by Crippen LogP contribution is 2.13. The van der Waals surface area contributed by atoms with Crippen LogP contribution in [0.5, 0.6) is 0 Å². The van der Waals surface area contributed by atoms with Crippen LogP contribution in [0, 0.1) is 6.92 Å². The molecule has 3 aromatic rings. The quantitative estimate of drug-likeness (QED) is 0.723. The number of aryl methyl sites for hydroxylation is 1. The highest BCUT2D eigenvalue weighted by Gasteiger charge is 2.20. The van der Waals surface area contributed by atoms with Crippen LogP contribution < -0.4 is 4.90 Å². The Morgan fingerprint density at radius 3 is 2.57 bits per heavy atom. The van der Waals surface area contributed by atoms with Crippen LogP contribution in [0.1, 0.15) is 11.4 Å². The number of anilines is 1. The number of hydrogen-bond donors (Lipinski definition) is 0. The van der Waals surface area contributed by atoms with E-state index in [1.165, 1.54) is 5.56 Å². The topological polar surface area (TPSA) is 62.5 Å². The number of hydrogen-bond acceptors (Lipinski definition) is 6. The fourth-order valence-corrected chi connectivity index (χ4v) is 2.91. The summed E-state index contributed by atoms with van der Waals surface area (Å²) in [5.41, 5.74) is 2.12. The van der Waals surface area contributed by atoms with Crippen LogP contribution in [0.3, 0.4) is 0 Å². The third-order valence-electron chi connectivity index (χ3n) is 4.19. The second kappa shape index (κ2) is 5.92. The van der Waals surface area contributed by atoms with Gasteiger partial charge < -0.3 is 4.90 Å². The van der Waals surface area contributed by atoms with Gasteiger partial charge in [0.15, 0.2) is 11.5 Å². The molecule has 3 aromatic heterocycles. The molecule has 0 bridgehead atoms.